The number of fused-ring (bicyclic) bond motifs is 1. The van der Waals surface area contributed by atoms with Gasteiger partial charge in [0.15, 0.2) is 5.82 Å². The number of hydrogen-bond donors (Lipinski definition) is 1. The number of para-hydroxylation sites is 1. The van der Waals surface area contributed by atoms with Crippen molar-refractivity contribution in [1.29, 1.82) is 0 Å². The van der Waals surface area contributed by atoms with Crippen LogP contribution >= 0.6 is 0 Å². The van der Waals surface area contributed by atoms with Crippen LogP contribution in [0.1, 0.15) is 27.2 Å². The second-order valence-corrected chi connectivity index (χ2v) is 6.70. The molecule has 5 nitrogen and oxygen atoms in total. The third kappa shape index (κ3) is 3.31. The summed E-state index contributed by atoms with van der Waals surface area (Å²) in [6.45, 7) is 5.92. The highest BCUT2D eigenvalue weighted by Gasteiger charge is 2.14. The van der Waals surface area contributed by atoms with E-state index in [9.17, 15) is 4.79 Å². The van der Waals surface area contributed by atoms with Crippen molar-refractivity contribution >= 4 is 22.6 Å². The fraction of sp³-hybridized carbons (Fsp3) is 0.136. The van der Waals surface area contributed by atoms with Gasteiger partial charge < -0.3 is 5.32 Å². The molecule has 0 saturated carbocycles. The maximum Gasteiger partial charge on any atom is 0.256 e. The van der Waals surface area contributed by atoms with Crippen molar-refractivity contribution in [1.82, 2.24) is 14.8 Å². The van der Waals surface area contributed by atoms with E-state index in [1.165, 1.54) is 0 Å². The second-order valence-electron chi connectivity index (χ2n) is 6.70. The molecule has 2 aromatic carbocycles. The van der Waals surface area contributed by atoms with Crippen LogP contribution < -0.4 is 5.32 Å². The number of rotatable bonds is 3. The molecule has 0 aliphatic heterocycles. The van der Waals surface area contributed by atoms with E-state index < -0.39 is 0 Å². The lowest BCUT2D eigenvalue weighted by molar-refractivity contribution is 0.102. The number of nitrogens with one attached hydrogen (secondary N) is 1. The van der Waals surface area contributed by atoms with Gasteiger partial charge >= 0.3 is 0 Å². The second kappa shape index (κ2) is 6.68. The molecule has 27 heavy (non-hydrogen) atoms. The highest BCUT2D eigenvalue weighted by atomic mass is 16.1. The lowest BCUT2D eigenvalue weighted by Crippen LogP contribution is -2.15. The van der Waals surface area contributed by atoms with E-state index in [2.05, 4.69) is 15.4 Å². The van der Waals surface area contributed by atoms with Crippen LogP contribution in [0.5, 0.6) is 0 Å². The van der Waals surface area contributed by atoms with E-state index in [1.807, 2.05) is 81.4 Å². The first kappa shape index (κ1) is 17.0. The molecule has 2 heterocycles. The number of aryl methyl sites for hydroxylation is 3. The van der Waals surface area contributed by atoms with Gasteiger partial charge in [0.25, 0.3) is 5.91 Å². The minimum Gasteiger partial charge on any atom is -0.306 e. The predicted octanol–water partition coefficient (Wildman–Crippen LogP) is 4.60. The van der Waals surface area contributed by atoms with Gasteiger partial charge in [-0.1, -0.05) is 24.3 Å². The Morgan fingerprint density at radius 2 is 1.74 bits per heavy atom. The Kier molecular flexibility index (Phi) is 4.20. The molecule has 0 saturated heterocycles. The van der Waals surface area contributed by atoms with Gasteiger partial charge in [0, 0.05) is 17.0 Å². The number of hydrogen-bond acceptors (Lipinski definition) is 3. The molecule has 1 amide bonds. The Hall–Kier alpha value is -3.47. The highest BCUT2D eigenvalue weighted by Crippen LogP contribution is 2.20. The van der Waals surface area contributed by atoms with E-state index in [0.717, 1.165) is 27.7 Å². The van der Waals surface area contributed by atoms with Crippen LogP contribution in [-0.4, -0.2) is 20.7 Å². The number of benzene rings is 2. The van der Waals surface area contributed by atoms with Crippen molar-refractivity contribution < 1.29 is 4.79 Å². The van der Waals surface area contributed by atoms with E-state index in [-0.39, 0.29) is 5.91 Å². The third-order valence-electron chi connectivity index (χ3n) is 4.64. The molecular weight excluding hydrogens is 336 g/mol. The summed E-state index contributed by atoms with van der Waals surface area (Å²) in [7, 11) is 0. The number of pyridine rings is 1. The molecule has 0 aliphatic carbocycles. The molecule has 1 N–H and O–H groups in total. The van der Waals surface area contributed by atoms with E-state index in [1.54, 1.807) is 4.68 Å². The largest absolute Gasteiger partial charge is 0.306 e. The normalized spacial score (nSPS) is 10.9. The van der Waals surface area contributed by atoms with Crippen LogP contribution in [0, 0.1) is 20.8 Å². The number of aromatic nitrogens is 3. The lowest BCUT2D eigenvalue weighted by atomic mass is 10.1. The quantitative estimate of drug-likeness (QED) is 0.584. The zero-order valence-electron chi connectivity index (χ0n) is 15.5. The Morgan fingerprint density at radius 3 is 2.56 bits per heavy atom. The third-order valence-corrected chi connectivity index (χ3v) is 4.64. The first-order valence-corrected chi connectivity index (χ1v) is 8.83. The SMILES string of the molecule is Cc1cc(NC(=O)c2ccc(C)c(C)c2)n(-c2ccc3ccccc3n2)n1. The average Bonchev–Trinajstić information content (AvgIpc) is 3.03. The van der Waals surface area contributed by atoms with E-state index >= 15 is 0 Å². The zero-order valence-corrected chi connectivity index (χ0v) is 15.5. The van der Waals surface area contributed by atoms with Crippen molar-refractivity contribution in [2.45, 2.75) is 20.8 Å². The summed E-state index contributed by atoms with van der Waals surface area (Å²) in [5.74, 6) is 1.09. The van der Waals surface area contributed by atoms with Crippen molar-refractivity contribution in [3.05, 3.63) is 83.0 Å². The molecule has 4 aromatic rings. The number of amides is 1. The number of carbonyl (C=O) groups is 1. The van der Waals surface area contributed by atoms with Crippen LogP contribution in [-0.2, 0) is 0 Å². The molecule has 0 unspecified atom stereocenters. The minimum absolute atomic E-state index is 0.167. The summed E-state index contributed by atoms with van der Waals surface area (Å²) in [5.41, 5.74) is 4.56. The van der Waals surface area contributed by atoms with Crippen molar-refractivity contribution in [2.75, 3.05) is 5.32 Å². The van der Waals surface area contributed by atoms with Crippen LogP contribution in [0.2, 0.25) is 0 Å². The number of carbonyl (C=O) groups excluding carboxylic acids is 1. The van der Waals surface area contributed by atoms with Gasteiger partial charge in [-0.2, -0.15) is 9.78 Å². The summed E-state index contributed by atoms with van der Waals surface area (Å²) in [4.78, 5) is 17.4. The Morgan fingerprint density at radius 1 is 0.926 bits per heavy atom. The molecule has 0 atom stereocenters. The standard InChI is InChI=1S/C22H20N4O/c1-14-8-9-18(12-15(14)2)22(27)24-21-13-16(3)25-26(21)20-11-10-17-6-4-5-7-19(17)23-20/h4-13H,1-3H3,(H,24,27). The highest BCUT2D eigenvalue weighted by molar-refractivity contribution is 6.04. The molecule has 0 fully saturated rings. The molecule has 5 heteroatoms. The van der Waals surface area contributed by atoms with Gasteiger partial charge in [-0.3, -0.25) is 4.79 Å². The summed E-state index contributed by atoms with van der Waals surface area (Å²) in [5, 5.41) is 8.53. The molecular formula is C22H20N4O. The Bertz CT molecular complexity index is 1160. The molecule has 0 bridgehead atoms. The maximum absolute atomic E-state index is 12.7. The molecule has 0 spiro atoms. The van der Waals surface area contributed by atoms with Crippen LogP contribution in [0.4, 0.5) is 5.82 Å². The minimum atomic E-state index is -0.167. The van der Waals surface area contributed by atoms with Gasteiger partial charge in [-0.25, -0.2) is 4.98 Å². The van der Waals surface area contributed by atoms with E-state index in [0.29, 0.717) is 17.2 Å². The fourth-order valence-corrected chi connectivity index (χ4v) is 3.01. The molecule has 2 aromatic heterocycles. The predicted molar refractivity (Wildman–Crippen MR) is 107 cm³/mol. The molecule has 134 valence electrons. The molecule has 4 rings (SSSR count). The number of nitrogens with zero attached hydrogens (tertiary/aromatic N) is 3. The van der Waals surface area contributed by atoms with Crippen molar-refractivity contribution in [3.8, 4) is 5.82 Å². The summed E-state index contributed by atoms with van der Waals surface area (Å²) in [6.07, 6.45) is 0. The molecule has 0 aliphatic rings. The summed E-state index contributed by atoms with van der Waals surface area (Å²) in [6, 6.07) is 19.3. The maximum atomic E-state index is 12.7. The van der Waals surface area contributed by atoms with Gasteiger partial charge in [0.2, 0.25) is 0 Å². The smallest absolute Gasteiger partial charge is 0.256 e. The van der Waals surface area contributed by atoms with Crippen molar-refractivity contribution in [2.24, 2.45) is 0 Å². The zero-order chi connectivity index (χ0) is 19.0. The lowest BCUT2D eigenvalue weighted by Gasteiger charge is -2.10. The van der Waals surface area contributed by atoms with E-state index in [4.69, 9.17) is 0 Å². The van der Waals surface area contributed by atoms with Gasteiger partial charge in [-0.15, -0.1) is 0 Å². The first-order valence-electron chi connectivity index (χ1n) is 8.83. The van der Waals surface area contributed by atoms with Gasteiger partial charge in [0.1, 0.15) is 5.82 Å². The van der Waals surface area contributed by atoms with Gasteiger partial charge in [0.05, 0.1) is 11.2 Å². The topological polar surface area (TPSA) is 59.8 Å². The fourth-order valence-electron chi connectivity index (χ4n) is 3.01. The van der Waals surface area contributed by atoms with Crippen LogP contribution in [0.25, 0.3) is 16.7 Å². The van der Waals surface area contributed by atoms with Crippen LogP contribution in [0.3, 0.4) is 0 Å². The average molecular weight is 356 g/mol. The van der Waals surface area contributed by atoms with Crippen molar-refractivity contribution in [3.63, 3.8) is 0 Å². The Labute approximate surface area is 157 Å². The summed E-state index contributed by atoms with van der Waals surface area (Å²) >= 11 is 0. The number of anilines is 1. The van der Waals surface area contributed by atoms with Crippen LogP contribution in [0.15, 0.2) is 60.7 Å². The summed E-state index contributed by atoms with van der Waals surface area (Å²) < 4.78 is 1.67. The van der Waals surface area contributed by atoms with Gasteiger partial charge in [-0.05, 0) is 62.2 Å². The Balaban J connectivity index is 1.69. The first-order chi connectivity index (χ1) is 13.0. The molecule has 0 radical (unpaired) electrons. The monoisotopic (exact) mass is 356 g/mol.